The molecule has 0 fully saturated rings. The number of rotatable bonds is 8. The molecule has 0 spiro atoms. The molecule has 1 unspecified atom stereocenters. The minimum atomic E-state index is 0.429. The van der Waals surface area contributed by atoms with Crippen molar-refractivity contribution in [2.75, 3.05) is 20.5 Å². The molecule has 0 heterocycles. The van der Waals surface area contributed by atoms with Crippen LogP contribution in [-0.2, 0) is 9.47 Å². The fourth-order valence-electron chi connectivity index (χ4n) is 1.64. The highest BCUT2D eigenvalue weighted by molar-refractivity contribution is 4.60. The molecule has 1 atom stereocenters. The molecule has 0 bridgehead atoms. The van der Waals surface area contributed by atoms with Gasteiger partial charge in [0.15, 0.2) is 0 Å². The lowest BCUT2D eigenvalue weighted by Crippen LogP contribution is -2.13. The Morgan fingerprint density at radius 1 is 1.23 bits per heavy atom. The molecule has 0 aromatic heterocycles. The summed E-state index contributed by atoms with van der Waals surface area (Å²) in [6, 6.07) is 0. The van der Waals surface area contributed by atoms with E-state index in [0.717, 1.165) is 12.5 Å². The van der Waals surface area contributed by atoms with E-state index in [1.807, 2.05) is 0 Å². The molecule has 0 aromatic rings. The quantitative estimate of drug-likeness (QED) is 0.430. The standard InChI is InChI=1S/C11H24O2/c1-5-6-11(7-10(2)3)8-13-9-12-4/h10-11H,5-9H2,1-4H3. The van der Waals surface area contributed by atoms with Crippen LogP contribution in [0.2, 0.25) is 0 Å². The zero-order chi connectivity index (χ0) is 10.1. The van der Waals surface area contributed by atoms with Gasteiger partial charge in [-0.15, -0.1) is 0 Å². The van der Waals surface area contributed by atoms with Crippen LogP contribution in [0.5, 0.6) is 0 Å². The molecule has 0 aliphatic carbocycles. The topological polar surface area (TPSA) is 18.5 Å². The van der Waals surface area contributed by atoms with Crippen molar-refractivity contribution in [2.45, 2.75) is 40.0 Å². The van der Waals surface area contributed by atoms with Gasteiger partial charge in [-0.1, -0.05) is 27.2 Å². The molecule has 0 rings (SSSR count). The predicted molar refractivity (Wildman–Crippen MR) is 55.7 cm³/mol. The van der Waals surface area contributed by atoms with E-state index in [0.29, 0.717) is 12.7 Å². The summed E-state index contributed by atoms with van der Waals surface area (Å²) in [4.78, 5) is 0. The molecular formula is C11H24O2. The maximum atomic E-state index is 5.38. The first-order valence-electron chi connectivity index (χ1n) is 5.27. The van der Waals surface area contributed by atoms with Gasteiger partial charge in [0.25, 0.3) is 0 Å². The zero-order valence-corrected chi connectivity index (χ0v) is 9.51. The Hall–Kier alpha value is -0.0800. The van der Waals surface area contributed by atoms with Crippen LogP contribution in [0, 0.1) is 11.8 Å². The van der Waals surface area contributed by atoms with Gasteiger partial charge in [-0.2, -0.15) is 0 Å². The maximum Gasteiger partial charge on any atom is 0.146 e. The maximum absolute atomic E-state index is 5.38. The molecule has 0 radical (unpaired) electrons. The van der Waals surface area contributed by atoms with Gasteiger partial charge in [0, 0.05) is 7.11 Å². The second kappa shape index (κ2) is 8.52. The predicted octanol–water partition coefficient (Wildman–Crippen LogP) is 3.07. The average Bonchev–Trinajstić information content (AvgIpc) is 2.04. The Morgan fingerprint density at radius 3 is 2.38 bits per heavy atom. The summed E-state index contributed by atoms with van der Waals surface area (Å²) in [5.41, 5.74) is 0. The van der Waals surface area contributed by atoms with Crippen LogP contribution in [0.1, 0.15) is 40.0 Å². The van der Waals surface area contributed by atoms with Crippen molar-refractivity contribution < 1.29 is 9.47 Å². The summed E-state index contributed by atoms with van der Waals surface area (Å²) in [6.45, 7) is 8.03. The highest BCUT2D eigenvalue weighted by atomic mass is 16.7. The summed E-state index contributed by atoms with van der Waals surface area (Å²) in [5.74, 6) is 1.47. The SMILES string of the molecule is CCCC(COCOC)CC(C)C. The number of ether oxygens (including phenoxy) is 2. The average molecular weight is 188 g/mol. The second-order valence-corrected chi connectivity index (χ2v) is 4.06. The van der Waals surface area contributed by atoms with Crippen LogP contribution >= 0.6 is 0 Å². The summed E-state index contributed by atoms with van der Waals surface area (Å²) >= 11 is 0. The van der Waals surface area contributed by atoms with Gasteiger partial charge in [0.05, 0.1) is 6.61 Å². The first-order valence-corrected chi connectivity index (χ1v) is 5.27. The fourth-order valence-corrected chi connectivity index (χ4v) is 1.64. The van der Waals surface area contributed by atoms with E-state index in [4.69, 9.17) is 9.47 Å². The van der Waals surface area contributed by atoms with Crippen LogP contribution in [0.15, 0.2) is 0 Å². The van der Waals surface area contributed by atoms with Crippen molar-refractivity contribution in [3.8, 4) is 0 Å². The Kier molecular flexibility index (Phi) is 8.46. The van der Waals surface area contributed by atoms with E-state index in [1.54, 1.807) is 7.11 Å². The van der Waals surface area contributed by atoms with Crippen molar-refractivity contribution >= 4 is 0 Å². The van der Waals surface area contributed by atoms with E-state index in [-0.39, 0.29) is 0 Å². The van der Waals surface area contributed by atoms with Crippen molar-refractivity contribution in [1.29, 1.82) is 0 Å². The van der Waals surface area contributed by atoms with Gasteiger partial charge in [-0.05, 0) is 24.7 Å². The molecular weight excluding hydrogens is 164 g/mol. The third kappa shape index (κ3) is 8.26. The van der Waals surface area contributed by atoms with Crippen LogP contribution in [0.25, 0.3) is 0 Å². The molecule has 2 nitrogen and oxygen atoms in total. The third-order valence-electron chi connectivity index (χ3n) is 2.06. The summed E-state index contributed by atoms with van der Waals surface area (Å²) in [5, 5.41) is 0. The molecule has 0 aromatic carbocycles. The molecule has 2 heteroatoms. The van der Waals surface area contributed by atoms with Gasteiger partial charge in [0.2, 0.25) is 0 Å². The van der Waals surface area contributed by atoms with Gasteiger partial charge < -0.3 is 9.47 Å². The van der Waals surface area contributed by atoms with E-state index in [1.165, 1.54) is 19.3 Å². The van der Waals surface area contributed by atoms with Crippen LogP contribution in [0.4, 0.5) is 0 Å². The number of hydrogen-bond acceptors (Lipinski definition) is 2. The van der Waals surface area contributed by atoms with Crippen molar-refractivity contribution in [1.82, 2.24) is 0 Å². The van der Waals surface area contributed by atoms with Gasteiger partial charge in [0.1, 0.15) is 6.79 Å². The lowest BCUT2D eigenvalue weighted by molar-refractivity contribution is -0.0463. The van der Waals surface area contributed by atoms with Crippen molar-refractivity contribution in [3.63, 3.8) is 0 Å². The largest absolute Gasteiger partial charge is 0.359 e. The van der Waals surface area contributed by atoms with Crippen molar-refractivity contribution in [3.05, 3.63) is 0 Å². The Bertz CT molecular complexity index is 102. The molecule has 0 N–H and O–H groups in total. The zero-order valence-electron chi connectivity index (χ0n) is 9.51. The molecule has 0 saturated carbocycles. The first-order chi connectivity index (χ1) is 6.20. The highest BCUT2D eigenvalue weighted by Gasteiger charge is 2.09. The third-order valence-corrected chi connectivity index (χ3v) is 2.06. The van der Waals surface area contributed by atoms with E-state index < -0.39 is 0 Å². The summed E-state index contributed by atoms with van der Waals surface area (Å²) in [7, 11) is 1.66. The smallest absolute Gasteiger partial charge is 0.146 e. The molecule has 80 valence electrons. The van der Waals surface area contributed by atoms with Crippen LogP contribution < -0.4 is 0 Å². The normalized spacial score (nSPS) is 13.6. The van der Waals surface area contributed by atoms with E-state index in [2.05, 4.69) is 20.8 Å². The summed E-state index contributed by atoms with van der Waals surface area (Å²) < 4.78 is 10.2. The van der Waals surface area contributed by atoms with E-state index in [9.17, 15) is 0 Å². The molecule has 0 aliphatic rings. The van der Waals surface area contributed by atoms with Gasteiger partial charge >= 0.3 is 0 Å². The van der Waals surface area contributed by atoms with Crippen LogP contribution in [0.3, 0.4) is 0 Å². The van der Waals surface area contributed by atoms with Crippen molar-refractivity contribution in [2.24, 2.45) is 11.8 Å². The molecule has 13 heavy (non-hydrogen) atoms. The first kappa shape index (κ1) is 12.9. The van der Waals surface area contributed by atoms with Gasteiger partial charge in [-0.3, -0.25) is 0 Å². The fraction of sp³-hybridized carbons (Fsp3) is 1.00. The van der Waals surface area contributed by atoms with Gasteiger partial charge in [-0.25, -0.2) is 0 Å². The highest BCUT2D eigenvalue weighted by Crippen LogP contribution is 2.17. The summed E-state index contributed by atoms with van der Waals surface area (Å²) in [6.07, 6.45) is 3.77. The van der Waals surface area contributed by atoms with Crippen LogP contribution in [-0.4, -0.2) is 20.5 Å². The number of hydrogen-bond donors (Lipinski definition) is 0. The Labute approximate surface area is 82.6 Å². The Morgan fingerprint density at radius 2 is 1.92 bits per heavy atom. The van der Waals surface area contributed by atoms with E-state index >= 15 is 0 Å². The molecule has 0 saturated heterocycles. The minimum absolute atomic E-state index is 0.429. The second-order valence-electron chi connectivity index (χ2n) is 4.06. The lowest BCUT2D eigenvalue weighted by Gasteiger charge is -2.17. The Balaban J connectivity index is 3.53. The monoisotopic (exact) mass is 188 g/mol. The molecule has 0 aliphatic heterocycles. The minimum Gasteiger partial charge on any atom is -0.359 e. The lowest BCUT2D eigenvalue weighted by atomic mass is 9.94. The number of methoxy groups -OCH3 is 1. The molecule has 0 amide bonds.